The molecule has 8 nitrogen and oxygen atoms in total. The minimum atomic E-state index is -4.83. The Labute approximate surface area is 175 Å². The average Bonchev–Trinajstić information content (AvgIpc) is 3.35. The summed E-state index contributed by atoms with van der Waals surface area (Å²) in [5.41, 5.74) is -1.59. The van der Waals surface area contributed by atoms with Gasteiger partial charge in [-0.25, -0.2) is 14.5 Å². The van der Waals surface area contributed by atoms with Crippen LogP contribution in [-0.4, -0.2) is 44.4 Å². The van der Waals surface area contributed by atoms with Gasteiger partial charge in [-0.3, -0.25) is 4.79 Å². The summed E-state index contributed by atoms with van der Waals surface area (Å²) in [7, 11) is 1.85. The molecule has 3 rings (SSSR count). The third kappa shape index (κ3) is 4.93. The summed E-state index contributed by atoms with van der Waals surface area (Å²) in [5, 5.41) is 6.44. The van der Waals surface area contributed by atoms with Gasteiger partial charge >= 0.3 is 12.1 Å². The van der Waals surface area contributed by atoms with Crippen LogP contribution in [0.3, 0.4) is 0 Å². The summed E-state index contributed by atoms with van der Waals surface area (Å²) in [6, 6.07) is 5.42. The number of aromatic nitrogens is 4. The fourth-order valence-electron chi connectivity index (χ4n) is 2.96. The number of imidazole rings is 1. The van der Waals surface area contributed by atoms with Crippen molar-refractivity contribution < 1.29 is 27.5 Å². The van der Waals surface area contributed by atoms with E-state index in [9.17, 15) is 22.8 Å². The molecule has 0 aliphatic carbocycles. The summed E-state index contributed by atoms with van der Waals surface area (Å²) in [6.07, 6.45) is -0.0215. The first-order valence-electron chi connectivity index (χ1n) is 9.39. The molecule has 1 aromatic carbocycles. The highest BCUT2D eigenvalue weighted by atomic mass is 19.4. The van der Waals surface area contributed by atoms with Crippen molar-refractivity contribution >= 4 is 11.9 Å². The average molecular weight is 435 g/mol. The maximum atomic E-state index is 13.6. The Hall–Kier alpha value is -3.63. The van der Waals surface area contributed by atoms with Gasteiger partial charge in [0.05, 0.1) is 18.5 Å². The van der Waals surface area contributed by atoms with Gasteiger partial charge in [0.1, 0.15) is 11.4 Å². The van der Waals surface area contributed by atoms with Crippen LogP contribution < -0.4 is 5.32 Å². The molecule has 0 aliphatic rings. The number of alkyl halides is 3. The van der Waals surface area contributed by atoms with Gasteiger partial charge in [0.15, 0.2) is 5.69 Å². The van der Waals surface area contributed by atoms with Gasteiger partial charge in [-0.15, -0.1) is 0 Å². The van der Waals surface area contributed by atoms with E-state index in [0.717, 1.165) is 12.0 Å². The lowest BCUT2D eigenvalue weighted by Crippen LogP contribution is -2.26. The fraction of sp³-hybridized carbons (Fsp3) is 0.300. The number of nitrogens with zero attached hydrogens (tertiary/aromatic N) is 4. The summed E-state index contributed by atoms with van der Waals surface area (Å²) in [5.74, 6) is -0.666. The Morgan fingerprint density at radius 3 is 2.48 bits per heavy atom. The van der Waals surface area contributed by atoms with Crippen molar-refractivity contribution in [2.75, 3.05) is 13.2 Å². The molecule has 0 spiro atoms. The van der Waals surface area contributed by atoms with Crippen molar-refractivity contribution in [2.24, 2.45) is 7.05 Å². The van der Waals surface area contributed by atoms with Crippen molar-refractivity contribution in [2.45, 2.75) is 19.5 Å². The minimum absolute atomic E-state index is 0.0485. The lowest BCUT2D eigenvalue weighted by molar-refractivity contribution is -0.143. The van der Waals surface area contributed by atoms with Crippen LogP contribution in [0.4, 0.5) is 13.2 Å². The minimum Gasteiger partial charge on any atom is -0.462 e. The number of carbonyl (C=O) groups excluding carboxylic acids is 2. The molecule has 2 aromatic heterocycles. The van der Waals surface area contributed by atoms with Crippen LogP contribution in [-0.2, 0) is 24.4 Å². The largest absolute Gasteiger partial charge is 0.462 e. The Bertz CT molecular complexity index is 1070. The van der Waals surface area contributed by atoms with E-state index in [4.69, 9.17) is 0 Å². The molecule has 1 N–H and O–H groups in total. The van der Waals surface area contributed by atoms with Gasteiger partial charge < -0.3 is 14.6 Å². The third-order valence-corrected chi connectivity index (χ3v) is 4.46. The fourth-order valence-corrected chi connectivity index (χ4v) is 2.96. The number of aryl methyl sites for hydroxylation is 1. The molecular formula is C20H20F3N5O3. The molecule has 0 fully saturated rings. The van der Waals surface area contributed by atoms with Crippen molar-refractivity contribution in [3.8, 4) is 5.69 Å². The van der Waals surface area contributed by atoms with E-state index in [2.05, 4.69) is 20.1 Å². The number of hydrogen-bond donors (Lipinski definition) is 1. The first kappa shape index (κ1) is 22.1. The van der Waals surface area contributed by atoms with Crippen molar-refractivity contribution in [3.63, 3.8) is 0 Å². The van der Waals surface area contributed by atoms with Crippen LogP contribution >= 0.6 is 0 Å². The monoisotopic (exact) mass is 435 g/mol. The quantitative estimate of drug-likeness (QED) is 0.577. The van der Waals surface area contributed by atoms with Crippen molar-refractivity contribution in [1.29, 1.82) is 0 Å². The smallest absolute Gasteiger partial charge is 0.434 e. The molecule has 0 saturated carbocycles. The van der Waals surface area contributed by atoms with E-state index in [1.54, 1.807) is 12.4 Å². The Kier molecular flexibility index (Phi) is 6.42. The van der Waals surface area contributed by atoms with Crippen LogP contribution in [0, 0.1) is 0 Å². The second-order valence-corrected chi connectivity index (χ2v) is 6.54. The molecule has 0 radical (unpaired) electrons. The van der Waals surface area contributed by atoms with E-state index in [1.165, 1.54) is 31.2 Å². The van der Waals surface area contributed by atoms with E-state index in [-0.39, 0.29) is 23.8 Å². The van der Waals surface area contributed by atoms with Crippen LogP contribution in [0.1, 0.15) is 39.2 Å². The molecule has 1 amide bonds. The molecule has 31 heavy (non-hydrogen) atoms. The zero-order chi connectivity index (χ0) is 22.6. The highest BCUT2D eigenvalue weighted by molar-refractivity contribution is 5.94. The molecule has 0 atom stereocenters. The predicted octanol–water partition coefficient (Wildman–Crippen LogP) is 2.77. The van der Waals surface area contributed by atoms with Gasteiger partial charge in [0.2, 0.25) is 0 Å². The summed E-state index contributed by atoms with van der Waals surface area (Å²) in [4.78, 5) is 28.3. The normalized spacial score (nSPS) is 11.4. The number of esters is 1. The Balaban J connectivity index is 1.76. The molecular weight excluding hydrogens is 415 g/mol. The maximum Gasteiger partial charge on any atom is 0.434 e. The maximum absolute atomic E-state index is 13.6. The van der Waals surface area contributed by atoms with Crippen molar-refractivity contribution in [3.05, 3.63) is 65.5 Å². The zero-order valence-corrected chi connectivity index (χ0v) is 16.8. The lowest BCUT2D eigenvalue weighted by Gasteiger charge is -2.13. The second-order valence-electron chi connectivity index (χ2n) is 6.54. The summed E-state index contributed by atoms with van der Waals surface area (Å²) < 4.78 is 47.9. The lowest BCUT2D eigenvalue weighted by atomic mass is 10.1. The van der Waals surface area contributed by atoms with Gasteiger partial charge in [0, 0.05) is 38.0 Å². The molecule has 11 heteroatoms. The SMILES string of the molecule is CCOC(=O)c1cnn(-c2ccc(C(=O)NCCc3nccn3C)cc2)c1C(F)(F)F. The van der Waals surface area contributed by atoms with E-state index in [0.29, 0.717) is 17.6 Å². The highest BCUT2D eigenvalue weighted by Crippen LogP contribution is 2.34. The summed E-state index contributed by atoms with van der Waals surface area (Å²) in [6.45, 7) is 1.78. The summed E-state index contributed by atoms with van der Waals surface area (Å²) >= 11 is 0. The second kappa shape index (κ2) is 9.02. The van der Waals surface area contributed by atoms with Crippen molar-refractivity contribution in [1.82, 2.24) is 24.6 Å². The van der Waals surface area contributed by atoms with E-state index < -0.39 is 23.4 Å². The number of hydrogen-bond acceptors (Lipinski definition) is 5. The number of carbonyl (C=O) groups is 2. The molecule has 0 aliphatic heterocycles. The van der Waals surface area contributed by atoms with Crippen LogP contribution in [0.25, 0.3) is 5.69 Å². The number of nitrogens with one attached hydrogen (secondary N) is 1. The zero-order valence-electron chi connectivity index (χ0n) is 16.8. The van der Waals surface area contributed by atoms with Gasteiger partial charge in [-0.2, -0.15) is 18.3 Å². The molecule has 0 unspecified atom stereocenters. The van der Waals surface area contributed by atoms with Crippen LogP contribution in [0.15, 0.2) is 42.9 Å². The first-order chi connectivity index (χ1) is 14.7. The molecule has 164 valence electrons. The molecule has 2 heterocycles. The van der Waals surface area contributed by atoms with E-state index >= 15 is 0 Å². The molecule has 0 saturated heterocycles. The number of benzene rings is 1. The molecule has 0 bridgehead atoms. The number of halogens is 3. The molecule has 3 aromatic rings. The standard InChI is InChI=1S/C20H20F3N5O3/c1-3-31-19(30)15-12-26-28(17(15)20(21,22)23)14-6-4-13(5-7-14)18(29)25-9-8-16-24-10-11-27(16)2/h4-7,10-12H,3,8-9H2,1-2H3,(H,25,29). The Morgan fingerprint density at radius 2 is 1.90 bits per heavy atom. The number of ether oxygens (including phenoxy) is 1. The van der Waals surface area contributed by atoms with Crippen LogP contribution in [0.2, 0.25) is 0 Å². The predicted molar refractivity (Wildman–Crippen MR) is 104 cm³/mol. The van der Waals surface area contributed by atoms with Crippen LogP contribution in [0.5, 0.6) is 0 Å². The van der Waals surface area contributed by atoms with Gasteiger partial charge in [-0.05, 0) is 31.2 Å². The first-order valence-corrected chi connectivity index (χ1v) is 9.39. The third-order valence-electron chi connectivity index (χ3n) is 4.46. The number of amides is 1. The topological polar surface area (TPSA) is 91.0 Å². The number of rotatable bonds is 7. The van der Waals surface area contributed by atoms with Gasteiger partial charge in [0.25, 0.3) is 5.91 Å². The van der Waals surface area contributed by atoms with E-state index in [1.807, 2.05) is 11.6 Å². The highest BCUT2D eigenvalue weighted by Gasteiger charge is 2.41. The van der Waals surface area contributed by atoms with Gasteiger partial charge in [-0.1, -0.05) is 0 Å². The Morgan fingerprint density at radius 1 is 1.19 bits per heavy atom.